The zero-order chi connectivity index (χ0) is 31.4. The van der Waals surface area contributed by atoms with Gasteiger partial charge in [0.15, 0.2) is 0 Å². The summed E-state index contributed by atoms with van der Waals surface area (Å²) < 4.78 is 19.7. The number of nitrogens with one attached hydrogen (secondary N) is 3. The second-order valence-corrected chi connectivity index (χ2v) is 12.3. The number of aryl methyl sites for hydroxylation is 1. The standard InChI is InChI=1S/C35H50FN3O4/c1-6-23(2)20-24(3)34(41)39-31(21-27-13-17-30(36)18-14-27)35(42)37-19-9-11-28-10-7-8-12-32(28)43-25(4)22-38-33(26(5)40)29-15-16-29/h7-8,10,12-14,17-18,23-25,29,31,33,38H,6,9,11,15-16,19-22H2,1-5H3,(H,37,42)(H,39,41)/t23?,24-,25+,31+,33+/m0/s1. The van der Waals surface area contributed by atoms with Crippen LogP contribution in [-0.2, 0) is 27.2 Å². The molecule has 1 unspecified atom stereocenters. The minimum atomic E-state index is -0.754. The average Bonchev–Trinajstić information content (AvgIpc) is 3.81. The van der Waals surface area contributed by atoms with Crippen LogP contribution in [0.15, 0.2) is 48.5 Å². The second-order valence-electron chi connectivity index (χ2n) is 12.3. The molecule has 3 N–H and O–H groups in total. The van der Waals surface area contributed by atoms with Gasteiger partial charge in [0.2, 0.25) is 11.8 Å². The van der Waals surface area contributed by atoms with Crippen LogP contribution in [0.3, 0.4) is 0 Å². The van der Waals surface area contributed by atoms with Gasteiger partial charge in [0.25, 0.3) is 0 Å². The van der Waals surface area contributed by atoms with Crippen molar-refractivity contribution in [1.29, 1.82) is 0 Å². The van der Waals surface area contributed by atoms with Crippen LogP contribution in [-0.4, -0.2) is 48.9 Å². The fourth-order valence-electron chi connectivity index (χ4n) is 5.32. The predicted molar refractivity (Wildman–Crippen MR) is 168 cm³/mol. The summed E-state index contributed by atoms with van der Waals surface area (Å²) in [4.78, 5) is 38.2. The van der Waals surface area contributed by atoms with Crippen LogP contribution < -0.4 is 20.7 Å². The Balaban J connectivity index is 1.53. The molecule has 1 saturated carbocycles. The maximum Gasteiger partial charge on any atom is 0.242 e. The van der Waals surface area contributed by atoms with E-state index in [1.165, 1.54) is 12.1 Å². The van der Waals surface area contributed by atoms with Gasteiger partial charge in [0, 0.05) is 25.4 Å². The van der Waals surface area contributed by atoms with Crippen LogP contribution in [0, 0.1) is 23.6 Å². The number of halogens is 1. The molecule has 2 aromatic rings. The van der Waals surface area contributed by atoms with Gasteiger partial charge in [-0.3, -0.25) is 14.4 Å². The lowest BCUT2D eigenvalue weighted by atomic mass is 9.94. The second kappa shape index (κ2) is 17.1. The number of rotatable bonds is 19. The third kappa shape index (κ3) is 11.7. The van der Waals surface area contributed by atoms with Crippen molar-refractivity contribution in [3.8, 4) is 5.75 Å². The Morgan fingerprint density at radius 1 is 1.00 bits per heavy atom. The number of hydrogen-bond donors (Lipinski definition) is 3. The Hall–Kier alpha value is -3.26. The number of Topliss-reactive ketones (excluding diaryl/α,β-unsaturated/α-hetero) is 1. The Morgan fingerprint density at radius 2 is 1.70 bits per heavy atom. The summed E-state index contributed by atoms with van der Waals surface area (Å²) in [6.45, 7) is 10.8. The number of amides is 2. The molecule has 0 aromatic heterocycles. The molecule has 0 saturated heterocycles. The van der Waals surface area contributed by atoms with Gasteiger partial charge >= 0.3 is 0 Å². The van der Waals surface area contributed by atoms with Crippen molar-refractivity contribution in [2.45, 2.75) is 97.8 Å². The minimum Gasteiger partial charge on any atom is -0.489 e. The van der Waals surface area contributed by atoms with Crippen LogP contribution in [0.2, 0.25) is 0 Å². The van der Waals surface area contributed by atoms with Gasteiger partial charge in [-0.1, -0.05) is 57.5 Å². The van der Waals surface area contributed by atoms with Crippen molar-refractivity contribution in [2.75, 3.05) is 13.1 Å². The smallest absolute Gasteiger partial charge is 0.242 e. The summed E-state index contributed by atoms with van der Waals surface area (Å²) >= 11 is 0. The van der Waals surface area contributed by atoms with E-state index in [1.54, 1.807) is 19.1 Å². The lowest BCUT2D eigenvalue weighted by Gasteiger charge is -2.22. The number of carbonyl (C=O) groups excluding carboxylic acids is 3. The SMILES string of the molecule is CCC(C)C[C@H](C)C(=O)N[C@H](Cc1ccc(F)cc1)C(=O)NCCCc1ccccc1O[C@H](C)CN[C@H](C(C)=O)C1CC1. The van der Waals surface area contributed by atoms with E-state index >= 15 is 0 Å². The summed E-state index contributed by atoms with van der Waals surface area (Å²) in [5.41, 5.74) is 1.82. The summed E-state index contributed by atoms with van der Waals surface area (Å²) in [6.07, 6.45) is 5.50. The molecule has 0 radical (unpaired) electrons. The molecule has 2 aromatic carbocycles. The normalized spacial score (nSPS) is 16.4. The van der Waals surface area contributed by atoms with Gasteiger partial charge in [0.1, 0.15) is 29.5 Å². The van der Waals surface area contributed by atoms with Gasteiger partial charge in [-0.05, 0) is 87.1 Å². The molecule has 43 heavy (non-hydrogen) atoms. The highest BCUT2D eigenvalue weighted by Gasteiger charge is 2.34. The molecular formula is C35H50FN3O4. The zero-order valence-corrected chi connectivity index (χ0v) is 26.5. The number of hydrogen-bond acceptors (Lipinski definition) is 5. The Morgan fingerprint density at radius 3 is 2.35 bits per heavy atom. The van der Waals surface area contributed by atoms with Crippen LogP contribution in [0.25, 0.3) is 0 Å². The molecule has 1 aliphatic rings. The molecule has 2 amide bonds. The van der Waals surface area contributed by atoms with E-state index in [2.05, 4.69) is 29.8 Å². The minimum absolute atomic E-state index is 0.0929. The van der Waals surface area contributed by atoms with Crippen LogP contribution in [0.1, 0.15) is 77.8 Å². The van der Waals surface area contributed by atoms with E-state index in [0.717, 1.165) is 42.6 Å². The molecule has 1 fully saturated rings. The van der Waals surface area contributed by atoms with E-state index in [0.29, 0.717) is 37.8 Å². The number of carbonyl (C=O) groups is 3. The van der Waals surface area contributed by atoms with Gasteiger partial charge in [0.05, 0.1) is 6.04 Å². The molecule has 0 spiro atoms. The third-order valence-corrected chi connectivity index (χ3v) is 8.27. The lowest BCUT2D eigenvalue weighted by Crippen LogP contribution is -2.49. The average molecular weight is 596 g/mol. The molecule has 3 rings (SSSR count). The third-order valence-electron chi connectivity index (χ3n) is 8.27. The molecule has 1 aliphatic carbocycles. The fraction of sp³-hybridized carbons (Fsp3) is 0.571. The quantitative estimate of drug-likeness (QED) is 0.189. The first-order valence-corrected chi connectivity index (χ1v) is 15.9. The lowest BCUT2D eigenvalue weighted by molar-refractivity contribution is -0.131. The van der Waals surface area contributed by atoms with Crippen LogP contribution in [0.4, 0.5) is 4.39 Å². The number of ketones is 1. The molecular weight excluding hydrogens is 545 g/mol. The largest absolute Gasteiger partial charge is 0.489 e. The Kier molecular flexibility index (Phi) is 13.6. The first-order valence-electron chi connectivity index (χ1n) is 15.9. The van der Waals surface area contributed by atoms with Crippen molar-refractivity contribution in [3.05, 3.63) is 65.5 Å². The fourth-order valence-corrected chi connectivity index (χ4v) is 5.32. The molecule has 0 heterocycles. The molecule has 5 atom stereocenters. The summed E-state index contributed by atoms with van der Waals surface area (Å²) in [5.74, 6) is 0.875. The topological polar surface area (TPSA) is 96.5 Å². The van der Waals surface area contributed by atoms with Crippen molar-refractivity contribution >= 4 is 17.6 Å². The highest BCUT2D eigenvalue weighted by Crippen LogP contribution is 2.33. The van der Waals surface area contributed by atoms with Crippen molar-refractivity contribution < 1.29 is 23.5 Å². The number of ether oxygens (including phenoxy) is 1. The number of benzene rings is 2. The summed E-state index contributed by atoms with van der Waals surface area (Å²) in [7, 11) is 0. The molecule has 8 heteroatoms. The Bertz CT molecular complexity index is 1180. The van der Waals surface area contributed by atoms with Gasteiger partial charge in [-0.15, -0.1) is 0 Å². The van der Waals surface area contributed by atoms with Crippen molar-refractivity contribution in [2.24, 2.45) is 17.8 Å². The van der Waals surface area contributed by atoms with Crippen molar-refractivity contribution in [3.63, 3.8) is 0 Å². The van der Waals surface area contributed by atoms with Crippen LogP contribution in [0.5, 0.6) is 5.75 Å². The van der Waals surface area contributed by atoms with E-state index in [4.69, 9.17) is 4.74 Å². The molecule has 0 aliphatic heterocycles. The number of para-hydroxylation sites is 1. The summed E-state index contributed by atoms with van der Waals surface area (Å²) in [6, 6.07) is 13.0. The maximum absolute atomic E-state index is 13.5. The maximum atomic E-state index is 13.5. The molecule has 236 valence electrons. The monoisotopic (exact) mass is 595 g/mol. The van der Waals surface area contributed by atoms with Gasteiger partial charge < -0.3 is 20.7 Å². The zero-order valence-electron chi connectivity index (χ0n) is 26.5. The Labute approximate surface area is 256 Å². The summed E-state index contributed by atoms with van der Waals surface area (Å²) in [5, 5.41) is 9.31. The van der Waals surface area contributed by atoms with Gasteiger partial charge in [-0.25, -0.2) is 4.39 Å². The van der Waals surface area contributed by atoms with E-state index in [9.17, 15) is 18.8 Å². The van der Waals surface area contributed by atoms with E-state index in [1.807, 2.05) is 38.1 Å². The van der Waals surface area contributed by atoms with Crippen molar-refractivity contribution in [1.82, 2.24) is 16.0 Å². The predicted octanol–water partition coefficient (Wildman–Crippen LogP) is 5.40. The first kappa shape index (κ1) is 34.2. The molecule has 0 bridgehead atoms. The molecule has 7 nitrogen and oxygen atoms in total. The first-order chi connectivity index (χ1) is 20.6. The highest BCUT2D eigenvalue weighted by molar-refractivity contribution is 5.88. The van der Waals surface area contributed by atoms with Crippen LogP contribution >= 0.6 is 0 Å². The van der Waals surface area contributed by atoms with E-state index < -0.39 is 6.04 Å². The highest BCUT2D eigenvalue weighted by atomic mass is 19.1. The van der Waals surface area contributed by atoms with Gasteiger partial charge in [-0.2, -0.15) is 0 Å². The van der Waals surface area contributed by atoms with E-state index in [-0.39, 0.29) is 47.9 Å².